The van der Waals surface area contributed by atoms with Crippen molar-refractivity contribution in [3.8, 4) is 0 Å². The minimum absolute atomic E-state index is 0.450. The lowest BCUT2D eigenvalue weighted by molar-refractivity contribution is 0.0874. The van der Waals surface area contributed by atoms with Crippen molar-refractivity contribution in [1.82, 2.24) is 4.90 Å². The van der Waals surface area contributed by atoms with Gasteiger partial charge in [-0.25, -0.2) is 0 Å². The highest BCUT2D eigenvalue weighted by atomic mass is 32.1. The SMILES string of the molecule is C=C(C)C(O)(C(=C)C)c1ccc(CN(Cc2ccsc2)Cc2ccco2)o1. The fourth-order valence-electron chi connectivity index (χ4n) is 3.09. The van der Waals surface area contributed by atoms with Crippen LogP contribution in [-0.4, -0.2) is 10.0 Å². The van der Waals surface area contributed by atoms with Gasteiger partial charge in [0.05, 0.1) is 19.4 Å². The van der Waals surface area contributed by atoms with Crippen molar-refractivity contribution in [2.24, 2.45) is 0 Å². The number of hydrogen-bond acceptors (Lipinski definition) is 5. The minimum Gasteiger partial charge on any atom is -0.468 e. The van der Waals surface area contributed by atoms with Crippen LogP contribution in [0.3, 0.4) is 0 Å². The normalized spacial score (nSPS) is 11.9. The lowest BCUT2D eigenvalue weighted by Gasteiger charge is -2.27. The molecule has 3 rings (SSSR count). The second kappa shape index (κ2) is 8.13. The van der Waals surface area contributed by atoms with Gasteiger partial charge in [0.25, 0.3) is 0 Å². The quantitative estimate of drug-likeness (QED) is 0.497. The van der Waals surface area contributed by atoms with E-state index in [1.165, 1.54) is 5.56 Å². The van der Waals surface area contributed by atoms with Crippen LogP contribution >= 0.6 is 11.3 Å². The van der Waals surface area contributed by atoms with Crippen LogP contribution in [-0.2, 0) is 25.2 Å². The number of hydrogen-bond donors (Lipinski definition) is 1. The molecule has 3 aromatic heterocycles. The monoisotopic (exact) mass is 383 g/mol. The summed E-state index contributed by atoms with van der Waals surface area (Å²) in [5.74, 6) is 2.12. The van der Waals surface area contributed by atoms with E-state index in [1.807, 2.05) is 18.2 Å². The second-order valence-electron chi connectivity index (χ2n) is 6.89. The number of nitrogens with zero attached hydrogens (tertiary/aromatic N) is 1. The van der Waals surface area contributed by atoms with Gasteiger partial charge in [-0.1, -0.05) is 13.2 Å². The minimum atomic E-state index is -1.35. The van der Waals surface area contributed by atoms with Crippen molar-refractivity contribution < 1.29 is 13.9 Å². The van der Waals surface area contributed by atoms with Gasteiger partial charge in [-0.15, -0.1) is 0 Å². The van der Waals surface area contributed by atoms with Gasteiger partial charge in [0.15, 0.2) is 5.60 Å². The summed E-state index contributed by atoms with van der Waals surface area (Å²) in [4.78, 5) is 2.24. The van der Waals surface area contributed by atoms with E-state index in [0.29, 0.717) is 30.0 Å². The van der Waals surface area contributed by atoms with Crippen LogP contribution in [0.4, 0.5) is 0 Å². The smallest absolute Gasteiger partial charge is 0.163 e. The molecule has 0 saturated heterocycles. The van der Waals surface area contributed by atoms with E-state index in [2.05, 4.69) is 34.9 Å². The van der Waals surface area contributed by atoms with E-state index in [4.69, 9.17) is 8.83 Å². The van der Waals surface area contributed by atoms with Crippen LogP contribution in [0.1, 0.15) is 36.7 Å². The number of aliphatic hydroxyl groups is 1. The first-order valence-corrected chi connectivity index (χ1v) is 9.73. The lowest BCUT2D eigenvalue weighted by Crippen LogP contribution is -2.27. The number of rotatable bonds is 9. The van der Waals surface area contributed by atoms with Crippen molar-refractivity contribution in [3.63, 3.8) is 0 Å². The third-order valence-electron chi connectivity index (χ3n) is 4.58. The molecule has 1 N–H and O–H groups in total. The van der Waals surface area contributed by atoms with Crippen molar-refractivity contribution >= 4 is 11.3 Å². The molecule has 27 heavy (non-hydrogen) atoms. The predicted octanol–water partition coefficient (Wildman–Crippen LogP) is 5.48. The van der Waals surface area contributed by atoms with Crippen molar-refractivity contribution in [1.29, 1.82) is 0 Å². The zero-order valence-corrected chi connectivity index (χ0v) is 16.6. The fourth-order valence-corrected chi connectivity index (χ4v) is 3.75. The van der Waals surface area contributed by atoms with E-state index in [-0.39, 0.29) is 0 Å². The highest BCUT2D eigenvalue weighted by Crippen LogP contribution is 2.36. The average Bonchev–Trinajstić information content (AvgIpc) is 3.36. The van der Waals surface area contributed by atoms with E-state index >= 15 is 0 Å². The Labute approximate surface area is 164 Å². The Hall–Kier alpha value is -2.34. The predicted molar refractivity (Wildman–Crippen MR) is 108 cm³/mol. The standard InChI is InChI=1S/C22H25NO3S/c1-16(2)22(24,17(3)4)21-8-7-20(26-21)14-23(12-18-9-11-27-15-18)13-19-6-5-10-25-19/h5-11,15,24H,1,3,12-14H2,2,4H3. The van der Waals surface area contributed by atoms with Gasteiger partial charge < -0.3 is 13.9 Å². The maximum atomic E-state index is 11.0. The third kappa shape index (κ3) is 4.33. The maximum Gasteiger partial charge on any atom is 0.163 e. The van der Waals surface area contributed by atoms with Crippen molar-refractivity contribution in [2.75, 3.05) is 0 Å². The molecule has 3 aromatic rings. The Morgan fingerprint density at radius 3 is 2.41 bits per heavy atom. The molecule has 0 unspecified atom stereocenters. The van der Waals surface area contributed by atoms with Gasteiger partial charge in [-0.05, 0) is 71.6 Å². The molecule has 0 fully saturated rings. The van der Waals surface area contributed by atoms with Gasteiger partial charge in [0, 0.05) is 6.54 Å². The molecule has 5 heteroatoms. The molecule has 0 spiro atoms. The Balaban J connectivity index is 1.80. The molecule has 0 atom stereocenters. The molecular formula is C22H25NO3S. The molecule has 0 amide bonds. The Bertz CT molecular complexity index is 840. The molecule has 142 valence electrons. The number of furan rings is 2. The summed E-state index contributed by atoms with van der Waals surface area (Å²) >= 11 is 1.68. The van der Waals surface area contributed by atoms with Crippen molar-refractivity contribution in [2.45, 2.75) is 39.1 Å². The first-order chi connectivity index (χ1) is 12.9. The molecule has 0 saturated carbocycles. The first kappa shape index (κ1) is 19.4. The van der Waals surface area contributed by atoms with Gasteiger partial charge >= 0.3 is 0 Å². The van der Waals surface area contributed by atoms with Crippen LogP contribution in [0, 0.1) is 0 Å². The molecule has 4 nitrogen and oxygen atoms in total. The lowest BCUT2D eigenvalue weighted by atomic mass is 9.87. The van der Waals surface area contributed by atoms with Gasteiger partial charge in [0.2, 0.25) is 0 Å². The van der Waals surface area contributed by atoms with E-state index < -0.39 is 5.60 Å². The third-order valence-corrected chi connectivity index (χ3v) is 5.31. The summed E-state index contributed by atoms with van der Waals surface area (Å²) in [5, 5.41) is 15.2. The van der Waals surface area contributed by atoms with Crippen LogP contribution in [0.15, 0.2) is 80.5 Å². The Morgan fingerprint density at radius 2 is 1.81 bits per heavy atom. The van der Waals surface area contributed by atoms with Crippen LogP contribution in [0.25, 0.3) is 0 Å². The van der Waals surface area contributed by atoms with Crippen molar-refractivity contribution in [3.05, 3.63) is 94.5 Å². The zero-order valence-electron chi connectivity index (χ0n) is 15.8. The summed E-state index contributed by atoms with van der Waals surface area (Å²) < 4.78 is 11.5. The number of thiophene rings is 1. The molecule has 0 aliphatic heterocycles. The molecular weight excluding hydrogens is 358 g/mol. The van der Waals surface area contributed by atoms with E-state index in [0.717, 1.165) is 18.1 Å². The van der Waals surface area contributed by atoms with Crippen LogP contribution < -0.4 is 0 Å². The zero-order chi connectivity index (χ0) is 19.4. The molecule has 3 heterocycles. The van der Waals surface area contributed by atoms with E-state index in [9.17, 15) is 5.11 Å². The summed E-state index contributed by atoms with van der Waals surface area (Å²) in [6, 6.07) is 9.68. The molecule has 0 aliphatic rings. The molecule has 0 aromatic carbocycles. The summed E-state index contributed by atoms with van der Waals surface area (Å²) in [7, 11) is 0. The average molecular weight is 384 g/mol. The van der Waals surface area contributed by atoms with Gasteiger partial charge in [-0.3, -0.25) is 4.90 Å². The van der Waals surface area contributed by atoms with Gasteiger partial charge in [-0.2, -0.15) is 11.3 Å². The van der Waals surface area contributed by atoms with Crippen LogP contribution in [0.5, 0.6) is 0 Å². The topological polar surface area (TPSA) is 49.8 Å². The Morgan fingerprint density at radius 1 is 1.07 bits per heavy atom. The van der Waals surface area contributed by atoms with E-state index in [1.54, 1.807) is 37.5 Å². The first-order valence-electron chi connectivity index (χ1n) is 8.79. The summed E-state index contributed by atoms with van der Waals surface area (Å²) in [6.07, 6.45) is 1.68. The highest BCUT2D eigenvalue weighted by molar-refractivity contribution is 7.07. The maximum absolute atomic E-state index is 11.0. The molecule has 0 radical (unpaired) electrons. The van der Waals surface area contributed by atoms with Crippen LogP contribution in [0.2, 0.25) is 0 Å². The fraction of sp³-hybridized carbons (Fsp3) is 0.273. The molecule has 0 bridgehead atoms. The van der Waals surface area contributed by atoms with Gasteiger partial charge in [0.1, 0.15) is 17.3 Å². The Kier molecular flexibility index (Phi) is 5.85. The summed E-state index contributed by atoms with van der Waals surface area (Å²) in [5.41, 5.74) is 1.07. The second-order valence-corrected chi connectivity index (χ2v) is 7.67. The molecule has 0 aliphatic carbocycles. The largest absolute Gasteiger partial charge is 0.468 e. The summed E-state index contributed by atoms with van der Waals surface area (Å²) in [6.45, 7) is 13.4. The highest BCUT2D eigenvalue weighted by Gasteiger charge is 2.35.